The van der Waals surface area contributed by atoms with Gasteiger partial charge in [0.25, 0.3) is 0 Å². The van der Waals surface area contributed by atoms with Crippen LogP contribution < -0.4 is 0 Å². The van der Waals surface area contributed by atoms with E-state index in [1.165, 1.54) is 38.5 Å². The average molecular weight is 142 g/mol. The van der Waals surface area contributed by atoms with Crippen LogP contribution >= 0.6 is 0 Å². The molecule has 0 aromatic heterocycles. The molecule has 1 fully saturated rings. The van der Waals surface area contributed by atoms with Gasteiger partial charge in [-0.25, -0.2) is 0 Å². The fraction of sp³-hybridized carbons (Fsp3) is 1.00. The predicted molar refractivity (Wildman–Crippen MR) is 48.2 cm³/mol. The Bertz CT molecular complexity index is 53.1. The van der Waals surface area contributed by atoms with E-state index < -0.39 is 0 Å². The zero-order valence-corrected chi connectivity index (χ0v) is 7.82. The van der Waals surface area contributed by atoms with Crippen molar-refractivity contribution in [2.24, 2.45) is 5.92 Å². The highest BCUT2D eigenvalue weighted by atomic mass is 14.2. The van der Waals surface area contributed by atoms with Crippen LogP contribution in [0.25, 0.3) is 0 Å². The maximum absolute atomic E-state index is 2.28. The number of hydrogen-bond donors (Lipinski definition) is 0. The molecule has 0 unspecified atom stereocenters. The first-order valence-corrected chi connectivity index (χ1v) is 4.85. The SMILES string of the molecule is CCC.CCCC1CCC1. The zero-order valence-electron chi connectivity index (χ0n) is 7.82. The van der Waals surface area contributed by atoms with E-state index in [9.17, 15) is 0 Å². The molecule has 0 spiro atoms. The first kappa shape index (κ1) is 10.0. The van der Waals surface area contributed by atoms with Crippen molar-refractivity contribution < 1.29 is 0 Å². The van der Waals surface area contributed by atoms with Gasteiger partial charge in [-0.2, -0.15) is 0 Å². The van der Waals surface area contributed by atoms with E-state index in [0.29, 0.717) is 0 Å². The Hall–Kier alpha value is 0. The van der Waals surface area contributed by atoms with Crippen LogP contribution in [0.4, 0.5) is 0 Å². The molecule has 0 N–H and O–H groups in total. The maximum atomic E-state index is 2.28. The smallest absolute Gasteiger partial charge is 0.0414 e. The van der Waals surface area contributed by atoms with Gasteiger partial charge in [-0.05, 0) is 5.92 Å². The summed E-state index contributed by atoms with van der Waals surface area (Å²) < 4.78 is 0. The first-order valence-electron chi connectivity index (χ1n) is 4.85. The molecule has 0 aromatic carbocycles. The lowest BCUT2D eigenvalue weighted by atomic mass is 9.82. The summed E-state index contributed by atoms with van der Waals surface area (Å²) in [7, 11) is 0. The summed E-state index contributed by atoms with van der Waals surface area (Å²) in [6.45, 7) is 6.53. The van der Waals surface area contributed by atoms with Gasteiger partial charge in [0, 0.05) is 0 Å². The van der Waals surface area contributed by atoms with Crippen LogP contribution in [0, 0.1) is 5.92 Å². The molecule has 1 saturated carbocycles. The quantitative estimate of drug-likeness (QED) is 0.546. The Morgan fingerprint density at radius 2 is 1.60 bits per heavy atom. The number of rotatable bonds is 2. The highest BCUT2D eigenvalue weighted by Gasteiger charge is 2.14. The lowest BCUT2D eigenvalue weighted by molar-refractivity contribution is 0.294. The molecule has 0 atom stereocenters. The van der Waals surface area contributed by atoms with Crippen LogP contribution in [0.2, 0.25) is 0 Å². The van der Waals surface area contributed by atoms with Crippen molar-refractivity contribution in [2.75, 3.05) is 0 Å². The molecule has 0 heteroatoms. The fourth-order valence-electron chi connectivity index (χ4n) is 1.19. The molecule has 0 aliphatic heterocycles. The van der Waals surface area contributed by atoms with E-state index >= 15 is 0 Å². The minimum Gasteiger partial charge on any atom is -0.0656 e. The molecule has 0 amide bonds. The maximum Gasteiger partial charge on any atom is -0.0414 e. The van der Waals surface area contributed by atoms with Crippen molar-refractivity contribution in [1.82, 2.24) is 0 Å². The topological polar surface area (TPSA) is 0 Å². The summed E-state index contributed by atoms with van der Waals surface area (Å²) in [6.07, 6.45) is 8.68. The van der Waals surface area contributed by atoms with Crippen molar-refractivity contribution in [1.29, 1.82) is 0 Å². The molecule has 0 heterocycles. The van der Waals surface area contributed by atoms with Gasteiger partial charge in [0.1, 0.15) is 0 Å². The highest BCUT2D eigenvalue weighted by Crippen LogP contribution is 2.29. The van der Waals surface area contributed by atoms with E-state index in [1.54, 1.807) is 0 Å². The van der Waals surface area contributed by atoms with Crippen molar-refractivity contribution >= 4 is 0 Å². The molecule has 0 radical (unpaired) electrons. The Morgan fingerprint density at radius 3 is 1.70 bits per heavy atom. The van der Waals surface area contributed by atoms with Gasteiger partial charge in [-0.15, -0.1) is 0 Å². The van der Waals surface area contributed by atoms with E-state index in [-0.39, 0.29) is 0 Å². The molecular formula is C10H22. The molecule has 0 saturated heterocycles. The number of hydrogen-bond acceptors (Lipinski definition) is 0. The van der Waals surface area contributed by atoms with E-state index in [0.717, 1.165) is 5.92 Å². The van der Waals surface area contributed by atoms with Gasteiger partial charge >= 0.3 is 0 Å². The van der Waals surface area contributed by atoms with Gasteiger partial charge in [0.15, 0.2) is 0 Å². The standard InChI is InChI=1S/C7H14.C3H8/c1-2-4-7-5-3-6-7;1-3-2/h7H,2-6H2,1H3;3H2,1-2H3. The van der Waals surface area contributed by atoms with Gasteiger partial charge in [0.2, 0.25) is 0 Å². The Balaban J connectivity index is 0.000000236. The molecule has 0 nitrogen and oxygen atoms in total. The van der Waals surface area contributed by atoms with Crippen molar-refractivity contribution in [3.05, 3.63) is 0 Å². The second-order valence-corrected chi connectivity index (χ2v) is 3.29. The molecule has 62 valence electrons. The second-order valence-electron chi connectivity index (χ2n) is 3.29. The van der Waals surface area contributed by atoms with Gasteiger partial charge in [0.05, 0.1) is 0 Å². The fourth-order valence-corrected chi connectivity index (χ4v) is 1.19. The minimum atomic E-state index is 1.13. The average Bonchev–Trinajstić information content (AvgIpc) is 1.81. The van der Waals surface area contributed by atoms with Crippen molar-refractivity contribution in [3.63, 3.8) is 0 Å². The minimum absolute atomic E-state index is 1.13. The summed E-state index contributed by atoms with van der Waals surface area (Å²) in [5.41, 5.74) is 0. The van der Waals surface area contributed by atoms with E-state index in [1.807, 2.05) is 0 Å². The monoisotopic (exact) mass is 142 g/mol. The highest BCUT2D eigenvalue weighted by molar-refractivity contribution is 4.67. The summed E-state index contributed by atoms with van der Waals surface area (Å²) in [5, 5.41) is 0. The Labute approximate surface area is 66.0 Å². The van der Waals surface area contributed by atoms with Gasteiger partial charge < -0.3 is 0 Å². The van der Waals surface area contributed by atoms with Crippen LogP contribution in [0.3, 0.4) is 0 Å². The third-order valence-electron chi connectivity index (χ3n) is 1.92. The lowest BCUT2D eigenvalue weighted by Gasteiger charge is -2.24. The van der Waals surface area contributed by atoms with Gasteiger partial charge in [-0.3, -0.25) is 0 Å². The van der Waals surface area contributed by atoms with Crippen LogP contribution in [0.15, 0.2) is 0 Å². The Kier molecular flexibility index (Phi) is 7.11. The normalized spacial score (nSPS) is 17.1. The molecule has 0 aromatic rings. The van der Waals surface area contributed by atoms with E-state index in [4.69, 9.17) is 0 Å². The molecule has 1 aliphatic rings. The van der Waals surface area contributed by atoms with Crippen LogP contribution in [-0.2, 0) is 0 Å². The van der Waals surface area contributed by atoms with Crippen molar-refractivity contribution in [2.45, 2.75) is 59.3 Å². The first-order chi connectivity index (χ1) is 4.85. The third-order valence-corrected chi connectivity index (χ3v) is 1.92. The predicted octanol–water partition coefficient (Wildman–Crippen LogP) is 4.00. The third kappa shape index (κ3) is 4.84. The molecular weight excluding hydrogens is 120 g/mol. The van der Waals surface area contributed by atoms with Crippen LogP contribution in [-0.4, -0.2) is 0 Å². The zero-order chi connectivity index (χ0) is 7.82. The summed E-state index contributed by atoms with van der Waals surface area (Å²) in [6, 6.07) is 0. The molecule has 1 rings (SSSR count). The largest absolute Gasteiger partial charge is 0.0656 e. The summed E-state index contributed by atoms with van der Waals surface area (Å²) in [4.78, 5) is 0. The van der Waals surface area contributed by atoms with Gasteiger partial charge in [-0.1, -0.05) is 59.3 Å². The summed E-state index contributed by atoms with van der Waals surface area (Å²) in [5.74, 6) is 1.13. The molecule has 0 bridgehead atoms. The second kappa shape index (κ2) is 7.11. The summed E-state index contributed by atoms with van der Waals surface area (Å²) >= 11 is 0. The van der Waals surface area contributed by atoms with Crippen LogP contribution in [0.5, 0.6) is 0 Å². The Morgan fingerprint density at radius 1 is 1.10 bits per heavy atom. The van der Waals surface area contributed by atoms with Crippen LogP contribution in [0.1, 0.15) is 59.3 Å². The van der Waals surface area contributed by atoms with E-state index in [2.05, 4.69) is 20.8 Å². The molecule has 10 heavy (non-hydrogen) atoms. The van der Waals surface area contributed by atoms with Crippen molar-refractivity contribution in [3.8, 4) is 0 Å². The lowest BCUT2D eigenvalue weighted by Crippen LogP contribution is -2.09. The molecule has 1 aliphatic carbocycles.